The van der Waals surface area contributed by atoms with Crippen LogP contribution in [0, 0.1) is 13.8 Å². The molecule has 0 saturated heterocycles. The van der Waals surface area contributed by atoms with Gasteiger partial charge in [-0.1, -0.05) is 0 Å². The molecule has 188 valence electrons. The molecule has 0 radical (unpaired) electrons. The first-order valence-corrected chi connectivity index (χ1v) is 21.2. The van der Waals surface area contributed by atoms with E-state index in [1.807, 2.05) is 3.28 Å². The van der Waals surface area contributed by atoms with Crippen LogP contribution in [0.3, 0.4) is 0 Å². The summed E-state index contributed by atoms with van der Waals surface area (Å²) in [6.07, 6.45) is 6.11. The summed E-state index contributed by atoms with van der Waals surface area (Å²) in [7, 11) is -1.53. The van der Waals surface area contributed by atoms with Crippen molar-refractivity contribution in [1.29, 1.82) is 0 Å². The van der Waals surface area contributed by atoms with Crippen LogP contribution in [0.15, 0.2) is 118 Å². The van der Waals surface area contributed by atoms with Gasteiger partial charge in [-0.05, 0) is 0 Å². The minimum absolute atomic E-state index is 0.471. The SMILES string of the molecule is Cc1ccc2c(c1)[CH]([Zr]([C]1=C([Si](C)(C)C)C=CC1)=[C](c1ccccc1)c1ccccc1)c1cc(C)ccc1-2. The zero-order chi connectivity index (χ0) is 26.4. The molecule has 6 rings (SSSR count). The van der Waals surface area contributed by atoms with E-state index >= 15 is 0 Å². The molecule has 0 fully saturated rings. The van der Waals surface area contributed by atoms with Gasteiger partial charge >= 0.3 is 238 Å². The molecule has 0 aliphatic heterocycles. The summed E-state index contributed by atoms with van der Waals surface area (Å²) in [6.45, 7) is 12.1. The number of aryl methyl sites for hydroxylation is 2. The Balaban J connectivity index is 1.79. The molecule has 2 heteroatoms. The molecule has 0 atom stereocenters. The number of hydrogen-bond donors (Lipinski definition) is 0. The third-order valence-electron chi connectivity index (χ3n) is 8.07. The standard InChI is InChI=1S/C15H13.C13H10.C8H13Si.Zr/c1-10-3-5-14-12(7-10)9-13-8-11(2)4-6-15(13)14;1-3-7-12(8-4-1)11-13-9-5-2-6-10-13;1-9(2,3)8-6-4-5-7-8;/h3-9H,1-2H3;1-10H;4,6H,5H2,1-3H3;. The van der Waals surface area contributed by atoms with E-state index in [1.54, 1.807) is 19.5 Å². The van der Waals surface area contributed by atoms with Crippen molar-refractivity contribution < 1.29 is 21.3 Å². The average Bonchev–Trinajstić information content (AvgIpc) is 3.51. The Hall–Kier alpha value is -2.67. The maximum atomic E-state index is 2.54. The van der Waals surface area contributed by atoms with E-state index in [4.69, 9.17) is 0 Å². The molecule has 0 aromatic heterocycles. The second-order valence-corrected chi connectivity index (χ2v) is 23.1. The van der Waals surface area contributed by atoms with Gasteiger partial charge in [0.05, 0.1) is 0 Å². The second-order valence-electron chi connectivity index (χ2n) is 11.9. The number of allylic oxidation sites excluding steroid dienone is 4. The van der Waals surface area contributed by atoms with E-state index in [0.29, 0.717) is 3.63 Å². The van der Waals surface area contributed by atoms with E-state index in [2.05, 4.69) is 143 Å². The van der Waals surface area contributed by atoms with Crippen molar-refractivity contribution in [3.63, 3.8) is 0 Å². The summed E-state index contributed by atoms with van der Waals surface area (Å²) in [5, 5.41) is 1.71. The van der Waals surface area contributed by atoms with Gasteiger partial charge in [0.2, 0.25) is 0 Å². The normalized spacial score (nSPS) is 14.6. The first kappa shape index (κ1) is 25.6. The Morgan fingerprint density at radius 3 is 1.66 bits per heavy atom. The van der Waals surface area contributed by atoms with Crippen LogP contribution in [-0.2, 0) is 21.3 Å². The summed E-state index contributed by atoms with van der Waals surface area (Å²) >= 11 is -2.67. The van der Waals surface area contributed by atoms with Gasteiger partial charge < -0.3 is 0 Å². The third kappa shape index (κ3) is 4.57. The molecule has 0 heterocycles. The molecule has 0 bridgehead atoms. The van der Waals surface area contributed by atoms with Crippen LogP contribution in [0.25, 0.3) is 11.1 Å². The van der Waals surface area contributed by atoms with Crippen molar-refractivity contribution >= 4 is 11.3 Å². The summed E-state index contributed by atoms with van der Waals surface area (Å²) in [4.78, 5) is 0. The van der Waals surface area contributed by atoms with E-state index in [-0.39, 0.29) is 0 Å². The quantitative estimate of drug-likeness (QED) is 0.204. The Morgan fingerprint density at radius 2 is 1.18 bits per heavy atom. The number of fused-ring (bicyclic) bond motifs is 3. The summed E-state index contributed by atoms with van der Waals surface area (Å²) in [5.74, 6) is 0. The van der Waals surface area contributed by atoms with Gasteiger partial charge in [-0.15, -0.1) is 0 Å². The monoisotopic (exact) mass is 586 g/mol. The van der Waals surface area contributed by atoms with Crippen LogP contribution >= 0.6 is 0 Å². The van der Waals surface area contributed by atoms with Crippen LogP contribution in [-0.4, -0.2) is 11.3 Å². The minimum atomic E-state index is -2.67. The number of rotatable bonds is 5. The van der Waals surface area contributed by atoms with Crippen LogP contribution in [0.5, 0.6) is 0 Å². The zero-order valence-electron chi connectivity index (χ0n) is 23.2. The Kier molecular flexibility index (Phi) is 6.83. The first-order chi connectivity index (χ1) is 18.3. The summed E-state index contributed by atoms with van der Waals surface area (Å²) in [6, 6.07) is 37.1. The van der Waals surface area contributed by atoms with Crippen molar-refractivity contribution in [3.05, 3.63) is 151 Å². The fraction of sp³-hybridized carbons (Fsp3) is 0.194. The van der Waals surface area contributed by atoms with Crippen molar-refractivity contribution in [2.24, 2.45) is 0 Å². The molecule has 0 spiro atoms. The van der Waals surface area contributed by atoms with Crippen LogP contribution in [0.1, 0.15) is 43.4 Å². The van der Waals surface area contributed by atoms with Gasteiger partial charge in [0.15, 0.2) is 0 Å². The Bertz CT molecular complexity index is 1520. The Labute approximate surface area is 236 Å². The molecule has 0 amide bonds. The molecular weight excluding hydrogens is 552 g/mol. The summed E-state index contributed by atoms with van der Waals surface area (Å²) in [5.41, 5.74) is 11.6. The predicted molar refractivity (Wildman–Crippen MR) is 163 cm³/mol. The maximum absolute atomic E-state index is 2.67. The van der Waals surface area contributed by atoms with E-state index in [0.717, 1.165) is 6.42 Å². The van der Waals surface area contributed by atoms with Crippen molar-refractivity contribution in [3.8, 4) is 11.1 Å². The molecule has 0 N–H and O–H groups in total. The van der Waals surface area contributed by atoms with Gasteiger partial charge in [-0.3, -0.25) is 0 Å². The molecule has 0 unspecified atom stereocenters. The topological polar surface area (TPSA) is 0 Å². The number of benzene rings is 4. The third-order valence-corrected chi connectivity index (χ3v) is 19.2. The van der Waals surface area contributed by atoms with Gasteiger partial charge in [-0.25, -0.2) is 0 Å². The van der Waals surface area contributed by atoms with Crippen molar-refractivity contribution in [2.45, 2.75) is 43.5 Å². The molecule has 2 aliphatic rings. The predicted octanol–water partition coefficient (Wildman–Crippen LogP) is 9.35. The fourth-order valence-electron chi connectivity index (χ4n) is 6.43. The van der Waals surface area contributed by atoms with E-state index < -0.39 is 29.3 Å². The molecule has 2 aliphatic carbocycles. The molecule has 4 aromatic carbocycles. The zero-order valence-corrected chi connectivity index (χ0v) is 26.6. The van der Waals surface area contributed by atoms with Crippen molar-refractivity contribution in [2.75, 3.05) is 0 Å². The van der Waals surface area contributed by atoms with Gasteiger partial charge in [-0.2, -0.15) is 0 Å². The molecule has 38 heavy (non-hydrogen) atoms. The van der Waals surface area contributed by atoms with Gasteiger partial charge in [0.1, 0.15) is 0 Å². The second kappa shape index (κ2) is 10.1. The van der Waals surface area contributed by atoms with Crippen molar-refractivity contribution in [1.82, 2.24) is 0 Å². The van der Waals surface area contributed by atoms with E-state index in [9.17, 15) is 0 Å². The van der Waals surface area contributed by atoms with Gasteiger partial charge in [0.25, 0.3) is 0 Å². The average molecular weight is 588 g/mol. The molecule has 4 aromatic rings. The van der Waals surface area contributed by atoms with Crippen LogP contribution in [0.4, 0.5) is 0 Å². The summed E-state index contributed by atoms with van der Waals surface area (Å²) < 4.78 is 3.94. The fourth-order valence-corrected chi connectivity index (χ4v) is 20.7. The molecule has 0 saturated carbocycles. The first-order valence-electron chi connectivity index (χ1n) is 13.8. The molecule has 0 nitrogen and oxygen atoms in total. The van der Waals surface area contributed by atoms with Gasteiger partial charge in [0, 0.05) is 0 Å². The Morgan fingerprint density at radius 1 is 0.684 bits per heavy atom. The van der Waals surface area contributed by atoms with Crippen LogP contribution in [0.2, 0.25) is 19.6 Å². The van der Waals surface area contributed by atoms with E-state index in [1.165, 1.54) is 33.4 Å². The molecular formula is C36H36SiZr. The number of hydrogen-bond acceptors (Lipinski definition) is 0. The van der Waals surface area contributed by atoms with Crippen LogP contribution < -0.4 is 0 Å².